The predicted molar refractivity (Wildman–Crippen MR) is 109 cm³/mol. The van der Waals surface area contributed by atoms with Crippen LogP contribution in [0.25, 0.3) is 10.8 Å². The van der Waals surface area contributed by atoms with Gasteiger partial charge in [-0.05, 0) is 42.5 Å². The van der Waals surface area contributed by atoms with Gasteiger partial charge >= 0.3 is 11.7 Å². The van der Waals surface area contributed by atoms with Crippen LogP contribution in [0.4, 0.5) is 5.69 Å². The van der Waals surface area contributed by atoms with Crippen LogP contribution in [0.1, 0.15) is 48.0 Å². The lowest BCUT2D eigenvalue weighted by Crippen LogP contribution is -2.36. The van der Waals surface area contributed by atoms with Crippen molar-refractivity contribution in [3.8, 4) is 5.75 Å². The van der Waals surface area contributed by atoms with Crippen molar-refractivity contribution in [3.05, 3.63) is 81.9 Å². The summed E-state index contributed by atoms with van der Waals surface area (Å²) in [6.45, 7) is 0. The maximum absolute atomic E-state index is 11.6. The van der Waals surface area contributed by atoms with Crippen molar-refractivity contribution in [2.45, 2.75) is 37.7 Å². The zero-order chi connectivity index (χ0) is 20.4. The van der Waals surface area contributed by atoms with Crippen molar-refractivity contribution >= 4 is 22.4 Å². The normalized spacial score (nSPS) is 15.7. The number of carboxylic acid groups (broad SMARTS) is 1. The summed E-state index contributed by atoms with van der Waals surface area (Å²) in [6.07, 6.45) is 4.39. The predicted octanol–water partition coefficient (Wildman–Crippen LogP) is 5.68. The van der Waals surface area contributed by atoms with Gasteiger partial charge in [0.05, 0.1) is 10.5 Å². The molecule has 6 heteroatoms. The molecule has 0 bridgehead atoms. The molecule has 0 radical (unpaired) electrons. The topological polar surface area (TPSA) is 89.7 Å². The van der Waals surface area contributed by atoms with Crippen LogP contribution in [0.3, 0.4) is 0 Å². The van der Waals surface area contributed by atoms with Crippen LogP contribution >= 0.6 is 0 Å². The van der Waals surface area contributed by atoms with Gasteiger partial charge in [-0.15, -0.1) is 0 Å². The van der Waals surface area contributed by atoms with E-state index in [2.05, 4.69) is 0 Å². The molecule has 0 aromatic heterocycles. The van der Waals surface area contributed by atoms with E-state index in [1.165, 1.54) is 18.2 Å². The van der Waals surface area contributed by atoms with Gasteiger partial charge in [0.25, 0.3) is 0 Å². The van der Waals surface area contributed by atoms with Gasteiger partial charge in [-0.25, -0.2) is 4.79 Å². The highest BCUT2D eigenvalue weighted by atomic mass is 16.6. The van der Waals surface area contributed by atoms with Crippen LogP contribution in [0.5, 0.6) is 5.75 Å². The fourth-order valence-corrected chi connectivity index (χ4v) is 4.26. The van der Waals surface area contributed by atoms with Gasteiger partial charge in [0.2, 0.25) is 0 Å². The summed E-state index contributed by atoms with van der Waals surface area (Å²) >= 11 is 0. The zero-order valence-corrected chi connectivity index (χ0v) is 15.8. The molecule has 1 saturated carbocycles. The van der Waals surface area contributed by atoms with Crippen molar-refractivity contribution in [1.82, 2.24) is 0 Å². The molecule has 3 aromatic rings. The number of fused-ring (bicyclic) bond motifs is 1. The molecule has 0 saturated heterocycles. The lowest BCUT2D eigenvalue weighted by atomic mass is 9.77. The van der Waals surface area contributed by atoms with E-state index in [0.29, 0.717) is 0 Å². The van der Waals surface area contributed by atoms with Crippen molar-refractivity contribution in [2.24, 2.45) is 0 Å². The molecular weight excluding hydrogens is 370 g/mol. The Kier molecular flexibility index (Phi) is 4.92. The summed E-state index contributed by atoms with van der Waals surface area (Å²) in [4.78, 5) is 22.5. The minimum atomic E-state index is -1.15. The lowest BCUT2D eigenvalue weighted by molar-refractivity contribution is -0.386. The van der Waals surface area contributed by atoms with Crippen LogP contribution < -0.4 is 4.74 Å². The average molecular weight is 391 g/mol. The van der Waals surface area contributed by atoms with Gasteiger partial charge in [-0.3, -0.25) is 10.1 Å². The number of nitrogens with zero attached hydrogens (tertiary/aromatic N) is 1. The summed E-state index contributed by atoms with van der Waals surface area (Å²) in [5.74, 6) is -1.14. The maximum Gasteiger partial charge on any atom is 0.335 e. The lowest BCUT2D eigenvalue weighted by Gasteiger charge is -2.38. The molecule has 0 spiro atoms. The van der Waals surface area contributed by atoms with E-state index in [0.717, 1.165) is 48.4 Å². The van der Waals surface area contributed by atoms with Crippen molar-refractivity contribution in [3.63, 3.8) is 0 Å². The molecule has 1 aliphatic rings. The SMILES string of the molecule is O=C(O)c1ccc([N+](=O)[O-])c(OC2(c3cccc4ccccc34)CCCCC2)c1. The van der Waals surface area contributed by atoms with E-state index in [-0.39, 0.29) is 17.0 Å². The van der Waals surface area contributed by atoms with Gasteiger partial charge < -0.3 is 9.84 Å². The smallest absolute Gasteiger partial charge is 0.335 e. The molecule has 3 aromatic carbocycles. The Morgan fingerprint density at radius 2 is 1.72 bits per heavy atom. The first-order valence-corrected chi connectivity index (χ1v) is 9.69. The second-order valence-electron chi connectivity index (χ2n) is 7.43. The monoisotopic (exact) mass is 391 g/mol. The first-order chi connectivity index (χ1) is 14.0. The number of nitro groups is 1. The van der Waals surface area contributed by atoms with Gasteiger partial charge in [0, 0.05) is 17.7 Å². The Bertz CT molecular complexity index is 1080. The molecule has 1 aliphatic carbocycles. The standard InChI is InChI=1S/C23H21NO5/c25-22(26)17-11-12-20(24(27)28)21(15-17)29-23(13-4-1-5-14-23)19-10-6-8-16-7-2-3-9-18(16)19/h2-3,6-12,15H,1,4-5,13-14H2,(H,25,26). The summed E-state index contributed by atoms with van der Waals surface area (Å²) in [5.41, 5.74) is 0.000983. The second kappa shape index (κ2) is 7.54. The van der Waals surface area contributed by atoms with E-state index >= 15 is 0 Å². The van der Waals surface area contributed by atoms with E-state index in [1.54, 1.807) is 0 Å². The van der Waals surface area contributed by atoms with Gasteiger partial charge in [0.15, 0.2) is 5.75 Å². The van der Waals surface area contributed by atoms with Crippen LogP contribution in [0.15, 0.2) is 60.7 Å². The summed E-state index contributed by atoms with van der Waals surface area (Å²) in [6, 6.07) is 17.7. The fraction of sp³-hybridized carbons (Fsp3) is 0.261. The minimum absolute atomic E-state index is 0.00438. The third-order valence-corrected chi connectivity index (χ3v) is 5.65. The number of carbonyl (C=O) groups is 1. The highest BCUT2D eigenvalue weighted by Crippen LogP contribution is 2.45. The Morgan fingerprint density at radius 3 is 2.45 bits per heavy atom. The van der Waals surface area contributed by atoms with Crippen LogP contribution in [-0.2, 0) is 5.60 Å². The Hall–Kier alpha value is -3.41. The van der Waals surface area contributed by atoms with Gasteiger partial charge in [0.1, 0.15) is 5.60 Å². The highest BCUT2D eigenvalue weighted by molar-refractivity contribution is 5.89. The zero-order valence-electron chi connectivity index (χ0n) is 15.8. The number of rotatable bonds is 5. The third-order valence-electron chi connectivity index (χ3n) is 5.65. The Labute approximate surface area is 167 Å². The minimum Gasteiger partial charge on any atom is -0.478 e. The molecule has 4 rings (SSSR count). The molecule has 0 heterocycles. The van der Waals surface area contributed by atoms with E-state index in [9.17, 15) is 20.0 Å². The number of ether oxygens (including phenoxy) is 1. The highest BCUT2D eigenvalue weighted by Gasteiger charge is 2.39. The number of nitro benzene ring substituents is 1. The van der Waals surface area contributed by atoms with E-state index in [1.807, 2.05) is 42.5 Å². The van der Waals surface area contributed by atoms with Crippen molar-refractivity contribution in [2.75, 3.05) is 0 Å². The first kappa shape index (κ1) is 18.9. The molecule has 0 aliphatic heterocycles. The second-order valence-corrected chi connectivity index (χ2v) is 7.43. The maximum atomic E-state index is 11.6. The molecule has 0 unspecified atom stereocenters. The molecule has 0 atom stereocenters. The van der Waals surface area contributed by atoms with E-state index in [4.69, 9.17) is 4.74 Å². The summed E-state index contributed by atoms with van der Waals surface area (Å²) in [7, 11) is 0. The first-order valence-electron chi connectivity index (χ1n) is 9.69. The van der Waals surface area contributed by atoms with Gasteiger partial charge in [-0.1, -0.05) is 48.9 Å². The number of carboxylic acids is 1. The fourth-order valence-electron chi connectivity index (χ4n) is 4.26. The quantitative estimate of drug-likeness (QED) is 0.446. The van der Waals surface area contributed by atoms with Gasteiger partial charge in [-0.2, -0.15) is 0 Å². The Morgan fingerprint density at radius 1 is 1.00 bits per heavy atom. The van der Waals surface area contributed by atoms with Crippen LogP contribution in [0.2, 0.25) is 0 Å². The van der Waals surface area contributed by atoms with Crippen LogP contribution in [-0.4, -0.2) is 16.0 Å². The average Bonchev–Trinajstić information content (AvgIpc) is 2.73. The van der Waals surface area contributed by atoms with Crippen LogP contribution in [0, 0.1) is 10.1 Å². The third kappa shape index (κ3) is 3.53. The number of benzene rings is 3. The molecule has 6 nitrogen and oxygen atoms in total. The molecule has 1 N–H and O–H groups in total. The molecular formula is C23H21NO5. The molecule has 29 heavy (non-hydrogen) atoms. The number of hydrogen-bond donors (Lipinski definition) is 1. The van der Waals surface area contributed by atoms with Crippen molar-refractivity contribution < 1.29 is 19.6 Å². The molecule has 1 fully saturated rings. The summed E-state index contributed by atoms with van der Waals surface area (Å²) in [5, 5.41) is 23.0. The largest absolute Gasteiger partial charge is 0.478 e. The number of hydrogen-bond acceptors (Lipinski definition) is 4. The van der Waals surface area contributed by atoms with E-state index < -0.39 is 16.5 Å². The Balaban J connectivity index is 1.88. The molecule has 148 valence electrons. The van der Waals surface area contributed by atoms with Crippen molar-refractivity contribution in [1.29, 1.82) is 0 Å². The number of aromatic carboxylic acids is 1. The molecule has 0 amide bonds. The summed E-state index contributed by atoms with van der Waals surface area (Å²) < 4.78 is 6.42.